The van der Waals surface area contributed by atoms with Gasteiger partial charge < -0.3 is 14.6 Å². The number of rotatable bonds is 2. The normalized spacial score (nSPS) is 18.5. The van der Waals surface area contributed by atoms with Gasteiger partial charge >= 0.3 is 11.4 Å². The van der Waals surface area contributed by atoms with Crippen molar-refractivity contribution in [3.05, 3.63) is 80.6 Å². The standard InChI is InChI=1S/C22H21N3O5/c1-22(2)15-10-11-23-20(27)24(16-6-4-5-7-17(16)29-3)21(28)25(23)19(15)14-9-8-13(26)12-18(14)30-22/h4-10,12,19,26H,11H2,1-3H3. The van der Waals surface area contributed by atoms with E-state index in [9.17, 15) is 14.7 Å². The molecule has 8 nitrogen and oxygen atoms in total. The van der Waals surface area contributed by atoms with Crippen molar-refractivity contribution in [1.29, 1.82) is 0 Å². The zero-order valence-corrected chi connectivity index (χ0v) is 16.8. The molecule has 154 valence electrons. The Morgan fingerprint density at radius 2 is 1.90 bits per heavy atom. The molecule has 0 aliphatic carbocycles. The van der Waals surface area contributed by atoms with Crippen molar-refractivity contribution in [3.8, 4) is 22.9 Å². The number of hydrogen-bond donors (Lipinski definition) is 1. The molecule has 1 unspecified atom stereocenters. The summed E-state index contributed by atoms with van der Waals surface area (Å²) in [7, 11) is 1.50. The third-order valence-corrected chi connectivity index (χ3v) is 5.76. The lowest BCUT2D eigenvalue weighted by molar-refractivity contribution is 0.113. The van der Waals surface area contributed by atoms with Crippen molar-refractivity contribution >= 4 is 0 Å². The minimum Gasteiger partial charge on any atom is -0.508 e. The number of phenols is 1. The van der Waals surface area contributed by atoms with Gasteiger partial charge in [0.2, 0.25) is 0 Å². The highest BCUT2D eigenvalue weighted by molar-refractivity contribution is 5.51. The number of phenolic OH excluding ortho intramolecular Hbond substituents is 1. The molecule has 1 atom stereocenters. The van der Waals surface area contributed by atoms with Crippen LogP contribution in [0.25, 0.3) is 5.69 Å². The maximum Gasteiger partial charge on any atom is 0.352 e. The van der Waals surface area contributed by atoms with Gasteiger partial charge in [-0.15, -0.1) is 0 Å². The monoisotopic (exact) mass is 407 g/mol. The first-order valence-electron chi connectivity index (χ1n) is 9.63. The van der Waals surface area contributed by atoms with E-state index in [1.54, 1.807) is 36.4 Å². The Balaban J connectivity index is 1.81. The Bertz CT molecular complexity index is 1330. The molecule has 0 amide bonds. The van der Waals surface area contributed by atoms with Crippen molar-refractivity contribution in [2.45, 2.75) is 32.0 Å². The van der Waals surface area contributed by atoms with Crippen LogP contribution >= 0.6 is 0 Å². The van der Waals surface area contributed by atoms with Crippen LogP contribution in [0.3, 0.4) is 0 Å². The fourth-order valence-corrected chi connectivity index (χ4v) is 4.41. The minimum absolute atomic E-state index is 0.0733. The summed E-state index contributed by atoms with van der Waals surface area (Å²) in [4.78, 5) is 26.8. The fraction of sp³-hybridized carbons (Fsp3) is 0.273. The van der Waals surface area contributed by atoms with Crippen LogP contribution in [-0.2, 0) is 6.54 Å². The molecule has 2 aromatic carbocycles. The Morgan fingerprint density at radius 3 is 2.67 bits per heavy atom. The van der Waals surface area contributed by atoms with E-state index < -0.39 is 23.0 Å². The van der Waals surface area contributed by atoms with Crippen LogP contribution in [0.5, 0.6) is 17.2 Å². The Labute approximate surface area is 171 Å². The molecule has 3 heterocycles. The van der Waals surface area contributed by atoms with Gasteiger partial charge in [-0.3, -0.25) is 0 Å². The molecule has 1 N–H and O–H groups in total. The number of nitrogens with zero attached hydrogens (tertiary/aromatic N) is 3. The minimum atomic E-state index is -0.710. The van der Waals surface area contributed by atoms with Gasteiger partial charge in [0.1, 0.15) is 28.9 Å². The molecule has 0 bridgehead atoms. The molecule has 2 aliphatic rings. The van der Waals surface area contributed by atoms with E-state index in [0.717, 1.165) is 10.1 Å². The highest BCUT2D eigenvalue weighted by atomic mass is 16.5. The molecule has 3 aromatic rings. The summed E-state index contributed by atoms with van der Waals surface area (Å²) in [5.41, 5.74) is 0.383. The second-order valence-electron chi connectivity index (χ2n) is 7.90. The molecule has 0 spiro atoms. The van der Waals surface area contributed by atoms with Crippen LogP contribution in [0.1, 0.15) is 25.5 Å². The number of aromatic hydroxyl groups is 1. The maximum atomic E-state index is 13.6. The third-order valence-electron chi connectivity index (χ3n) is 5.76. The van der Waals surface area contributed by atoms with E-state index in [1.165, 1.54) is 22.5 Å². The van der Waals surface area contributed by atoms with Crippen LogP contribution in [0.15, 0.2) is 63.7 Å². The zero-order chi connectivity index (χ0) is 21.2. The fourth-order valence-electron chi connectivity index (χ4n) is 4.41. The number of hydrogen-bond acceptors (Lipinski definition) is 5. The molecule has 0 radical (unpaired) electrons. The maximum absolute atomic E-state index is 13.6. The zero-order valence-electron chi connectivity index (χ0n) is 16.8. The first-order valence-corrected chi connectivity index (χ1v) is 9.63. The topological polar surface area (TPSA) is 87.6 Å². The second-order valence-corrected chi connectivity index (χ2v) is 7.90. The van der Waals surface area contributed by atoms with Gasteiger partial charge in [0, 0.05) is 11.6 Å². The molecule has 5 rings (SSSR count). The Kier molecular flexibility index (Phi) is 3.77. The summed E-state index contributed by atoms with van der Waals surface area (Å²) < 4.78 is 15.5. The molecular formula is C22H21N3O5. The first-order chi connectivity index (χ1) is 14.3. The summed E-state index contributed by atoms with van der Waals surface area (Å²) in [6.07, 6.45) is 1.94. The number of allylic oxidation sites excluding steroid dienone is 1. The summed E-state index contributed by atoms with van der Waals surface area (Å²) >= 11 is 0. The van der Waals surface area contributed by atoms with E-state index in [-0.39, 0.29) is 12.3 Å². The van der Waals surface area contributed by atoms with Gasteiger partial charge in [-0.25, -0.2) is 23.5 Å². The molecule has 0 saturated heterocycles. The highest BCUT2D eigenvalue weighted by Crippen LogP contribution is 2.46. The van der Waals surface area contributed by atoms with E-state index in [1.807, 2.05) is 19.9 Å². The van der Waals surface area contributed by atoms with Gasteiger partial charge in [-0.1, -0.05) is 18.2 Å². The number of para-hydroxylation sites is 2. The van der Waals surface area contributed by atoms with Crippen LogP contribution in [-0.4, -0.2) is 31.7 Å². The highest BCUT2D eigenvalue weighted by Gasteiger charge is 2.44. The average molecular weight is 407 g/mol. The van der Waals surface area contributed by atoms with Crippen molar-refractivity contribution in [2.24, 2.45) is 0 Å². The number of benzene rings is 2. The van der Waals surface area contributed by atoms with Crippen LogP contribution in [0, 0.1) is 0 Å². The molecule has 1 aromatic heterocycles. The largest absolute Gasteiger partial charge is 0.508 e. The van der Waals surface area contributed by atoms with Crippen molar-refractivity contribution in [3.63, 3.8) is 0 Å². The number of ether oxygens (including phenoxy) is 2. The third kappa shape index (κ3) is 2.39. The molecule has 2 aliphatic heterocycles. The lowest BCUT2D eigenvalue weighted by Gasteiger charge is -2.42. The average Bonchev–Trinajstić information content (AvgIpc) is 2.97. The predicted octanol–water partition coefficient (Wildman–Crippen LogP) is 2.22. The van der Waals surface area contributed by atoms with E-state index in [4.69, 9.17) is 9.47 Å². The van der Waals surface area contributed by atoms with Gasteiger partial charge in [-0.05, 0) is 43.7 Å². The number of fused-ring (bicyclic) bond motifs is 5. The van der Waals surface area contributed by atoms with Gasteiger partial charge in [-0.2, -0.15) is 0 Å². The quantitative estimate of drug-likeness (QED) is 0.658. The summed E-state index contributed by atoms with van der Waals surface area (Å²) in [6.45, 7) is 4.08. The van der Waals surface area contributed by atoms with Crippen molar-refractivity contribution in [2.75, 3.05) is 7.11 Å². The van der Waals surface area contributed by atoms with Crippen LogP contribution in [0.2, 0.25) is 0 Å². The molecule has 8 heteroatoms. The molecule has 30 heavy (non-hydrogen) atoms. The van der Waals surface area contributed by atoms with Crippen molar-refractivity contribution in [1.82, 2.24) is 13.9 Å². The van der Waals surface area contributed by atoms with E-state index in [2.05, 4.69) is 0 Å². The molecule has 0 fully saturated rings. The summed E-state index contributed by atoms with van der Waals surface area (Å²) in [5, 5.41) is 9.92. The summed E-state index contributed by atoms with van der Waals surface area (Å²) in [5.74, 6) is 0.996. The molecule has 0 saturated carbocycles. The van der Waals surface area contributed by atoms with Crippen LogP contribution in [0.4, 0.5) is 0 Å². The van der Waals surface area contributed by atoms with Crippen molar-refractivity contribution < 1.29 is 14.6 Å². The van der Waals surface area contributed by atoms with Gasteiger partial charge in [0.25, 0.3) is 0 Å². The van der Waals surface area contributed by atoms with E-state index in [0.29, 0.717) is 22.7 Å². The lowest BCUT2D eigenvalue weighted by atomic mass is 9.83. The van der Waals surface area contributed by atoms with E-state index >= 15 is 0 Å². The first kappa shape index (κ1) is 18.4. The Hall–Kier alpha value is -3.68. The Morgan fingerprint density at radius 1 is 1.13 bits per heavy atom. The van der Waals surface area contributed by atoms with Gasteiger partial charge in [0.05, 0.1) is 19.3 Å². The second kappa shape index (κ2) is 6.16. The van der Waals surface area contributed by atoms with Crippen LogP contribution < -0.4 is 20.9 Å². The summed E-state index contributed by atoms with van der Waals surface area (Å²) in [6, 6.07) is 11.2. The predicted molar refractivity (Wildman–Crippen MR) is 110 cm³/mol. The number of methoxy groups -OCH3 is 1. The lowest BCUT2D eigenvalue weighted by Crippen LogP contribution is -2.46. The molecular weight excluding hydrogens is 386 g/mol. The SMILES string of the molecule is COc1ccccc1-n1c(=O)n2n(c1=O)C1C(=CC2)C(C)(C)Oc2cc(O)ccc21. The smallest absolute Gasteiger partial charge is 0.352 e. The van der Waals surface area contributed by atoms with Gasteiger partial charge in [0.15, 0.2) is 0 Å². The number of aromatic nitrogens is 3.